The molecular formula is C24H36O6S. The number of unbranched alkanes of at least 4 members (excludes halogenated alkanes) is 9. The Labute approximate surface area is 189 Å². The lowest BCUT2D eigenvalue weighted by Gasteiger charge is -2.19. The van der Waals surface area contributed by atoms with Gasteiger partial charge in [-0.2, -0.15) is 0 Å². The summed E-state index contributed by atoms with van der Waals surface area (Å²) < 4.78 is 0. The minimum Gasteiger partial charge on any atom is -0.481 e. The maximum absolute atomic E-state index is 11.9. The topological polar surface area (TPSA) is 112 Å². The molecule has 0 aliphatic rings. The molecule has 0 heterocycles. The Bertz CT molecular complexity index is 690. The maximum Gasteiger partial charge on any atom is 0.321 e. The van der Waals surface area contributed by atoms with Crippen molar-refractivity contribution in [1.29, 1.82) is 0 Å². The molecule has 1 aromatic rings. The van der Waals surface area contributed by atoms with E-state index in [2.05, 4.69) is 6.92 Å². The minimum absolute atomic E-state index is 0.563. The first-order valence-electron chi connectivity index (χ1n) is 11.3. The van der Waals surface area contributed by atoms with Crippen LogP contribution in [0.5, 0.6) is 0 Å². The zero-order valence-corrected chi connectivity index (χ0v) is 19.2. The zero-order valence-electron chi connectivity index (χ0n) is 18.4. The Balaban J connectivity index is 2.60. The smallest absolute Gasteiger partial charge is 0.321 e. The average Bonchev–Trinajstić information content (AvgIpc) is 2.72. The molecule has 2 unspecified atom stereocenters. The highest BCUT2D eigenvalue weighted by Gasteiger charge is 2.31. The van der Waals surface area contributed by atoms with Crippen molar-refractivity contribution in [3.05, 3.63) is 35.4 Å². The predicted molar refractivity (Wildman–Crippen MR) is 124 cm³/mol. The van der Waals surface area contributed by atoms with E-state index in [9.17, 15) is 24.6 Å². The molecule has 0 saturated heterocycles. The Hall–Kier alpha value is -2.02. The van der Waals surface area contributed by atoms with E-state index in [-0.39, 0.29) is 0 Å². The van der Waals surface area contributed by atoms with Crippen LogP contribution in [0.15, 0.2) is 24.3 Å². The van der Waals surface area contributed by atoms with Crippen molar-refractivity contribution in [3.8, 4) is 0 Å². The van der Waals surface area contributed by atoms with Gasteiger partial charge in [0.2, 0.25) is 0 Å². The van der Waals surface area contributed by atoms with E-state index >= 15 is 0 Å². The van der Waals surface area contributed by atoms with E-state index in [1.807, 2.05) is 12.1 Å². The van der Waals surface area contributed by atoms with Crippen LogP contribution in [0.1, 0.15) is 93.9 Å². The van der Waals surface area contributed by atoms with Gasteiger partial charge in [-0.05, 0) is 24.0 Å². The standard InChI is InChI=1S/C24H36O6S/c1-2-3-4-5-6-7-8-9-10-11-14-18-15-12-13-16-19(18)22(24(29)30)31-20(23(27)28)17-21(25)26/h12-13,15-16,20,22H,2-11,14,17H2,1H3,(H,25,26)(H,27,28)(H,29,30). The normalized spacial score (nSPS) is 12.9. The monoisotopic (exact) mass is 452 g/mol. The van der Waals surface area contributed by atoms with Crippen molar-refractivity contribution in [2.75, 3.05) is 0 Å². The van der Waals surface area contributed by atoms with Gasteiger partial charge in [0.15, 0.2) is 0 Å². The van der Waals surface area contributed by atoms with Crippen molar-refractivity contribution in [1.82, 2.24) is 0 Å². The molecule has 0 fully saturated rings. The van der Waals surface area contributed by atoms with Gasteiger partial charge in [-0.3, -0.25) is 14.4 Å². The Morgan fingerprint density at radius 1 is 0.806 bits per heavy atom. The number of carboxylic acid groups (broad SMARTS) is 3. The minimum atomic E-state index is -1.32. The number of rotatable bonds is 18. The second-order valence-corrected chi connectivity index (χ2v) is 9.22. The highest BCUT2D eigenvalue weighted by Crippen LogP contribution is 2.36. The fourth-order valence-electron chi connectivity index (χ4n) is 3.60. The summed E-state index contributed by atoms with van der Waals surface area (Å²) >= 11 is 0.680. The lowest BCUT2D eigenvalue weighted by atomic mass is 9.98. The van der Waals surface area contributed by atoms with E-state index in [0.717, 1.165) is 31.2 Å². The molecule has 1 aromatic carbocycles. The second-order valence-electron chi connectivity index (χ2n) is 7.91. The average molecular weight is 453 g/mol. The molecule has 7 heteroatoms. The van der Waals surface area contributed by atoms with Crippen molar-refractivity contribution in [2.45, 2.75) is 94.5 Å². The van der Waals surface area contributed by atoms with Crippen molar-refractivity contribution in [3.63, 3.8) is 0 Å². The largest absolute Gasteiger partial charge is 0.481 e. The summed E-state index contributed by atoms with van der Waals surface area (Å²) in [6, 6.07) is 7.18. The summed E-state index contributed by atoms with van der Waals surface area (Å²) in [6.45, 7) is 2.22. The summed E-state index contributed by atoms with van der Waals surface area (Å²) in [7, 11) is 0. The van der Waals surface area contributed by atoms with Crippen LogP contribution in [-0.2, 0) is 20.8 Å². The van der Waals surface area contributed by atoms with Crippen LogP contribution < -0.4 is 0 Å². The Morgan fingerprint density at radius 2 is 1.35 bits per heavy atom. The van der Waals surface area contributed by atoms with Crippen LogP contribution in [0.2, 0.25) is 0 Å². The number of hydrogen-bond donors (Lipinski definition) is 3. The van der Waals surface area contributed by atoms with E-state index in [1.54, 1.807) is 12.1 Å². The lowest BCUT2D eigenvalue weighted by molar-refractivity contribution is -0.143. The third kappa shape index (κ3) is 11.2. The number of carboxylic acids is 3. The number of aliphatic carboxylic acids is 3. The Kier molecular flexibility index (Phi) is 13.7. The first-order valence-corrected chi connectivity index (χ1v) is 12.2. The van der Waals surface area contributed by atoms with Gasteiger partial charge in [0.25, 0.3) is 0 Å². The SMILES string of the molecule is CCCCCCCCCCCCc1ccccc1C(SC(CC(=O)O)C(=O)O)C(=O)O. The number of thioether (sulfide) groups is 1. The molecule has 3 N–H and O–H groups in total. The molecule has 174 valence electrons. The number of aryl methyl sites for hydroxylation is 1. The lowest BCUT2D eigenvalue weighted by Crippen LogP contribution is -2.24. The van der Waals surface area contributed by atoms with Gasteiger partial charge in [0, 0.05) is 0 Å². The van der Waals surface area contributed by atoms with Gasteiger partial charge in [-0.25, -0.2) is 0 Å². The summed E-state index contributed by atoms with van der Waals surface area (Å²) in [6.07, 6.45) is 12.3. The van der Waals surface area contributed by atoms with E-state index in [0.29, 0.717) is 17.3 Å². The number of carbonyl (C=O) groups is 3. The maximum atomic E-state index is 11.9. The number of benzene rings is 1. The van der Waals surface area contributed by atoms with E-state index in [1.165, 1.54) is 44.9 Å². The molecule has 0 aromatic heterocycles. The molecule has 0 amide bonds. The van der Waals surface area contributed by atoms with Crippen LogP contribution in [0.4, 0.5) is 0 Å². The van der Waals surface area contributed by atoms with E-state index in [4.69, 9.17) is 5.11 Å². The molecule has 2 atom stereocenters. The summed E-state index contributed by atoms with van der Waals surface area (Å²) in [4.78, 5) is 34.2. The quantitative estimate of drug-likeness (QED) is 0.236. The van der Waals surface area contributed by atoms with Gasteiger partial charge >= 0.3 is 17.9 Å². The molecule has 6 nitrogen and oxygen atoms in total. The van der Waals surface area contributed by atoms with Crippen molar-refractivity contribution >= 4 is 29.7 Å². The van der Waals surface area contributed by atoms with Crippen LogP contribution in [-0.4, -0.2) is 38.5 Å². The van der Waals surface area contributed by atoms with Crippen molar-refractivity contribution in [2.24, 2.45) is 0 Å². The molecule has 0 saturated carbocycles. The number of hydrogen-bond acceptors (Lipinski definition) is 4. The Morgan fingerprint density at radius 3 is 1.87 bits per heavy atom. The third-order valence-corrected chi connectivity index (χ3v) is 6.72. The van der Waals surface area contributed by atoms with Gasteiger partial charge in [0.05, 0.1) is 6.42 Å². The van der Waals surface area contributed by atoms with Gasteiger partial charge in [-0.15, -0.1) is 11.8 Å². The zero-order chi connectivity index (χ0) is 23.1. The first kappa shape index (κ1) is 27.0. The van der Waals surface area contributed by atoms with Crippen molar-refractivity contribution < 1.29 is 29.7 Å². The fourth-order valence-corrected chi connectivity index (χ4v) is 4.78. The molecular weight excluding hydrogens is 416 g/mol. The summed E-state index contributed by atoms with van der Waals surface area (Å²) in [5, 5.41) is 25.5. The highest BCUT2D eigenvalue weighted by molar-refractivity contribution is 8.01. The predicted octanol–water partition coefficient (Wildman–Crippen LogP) is 5.94. The van der Waals surface area contributed by atoms with Gasteiger partial charge < -0.3 is 15.3 Å². The summed E-state index contributed by atoms with van der Waals surface area (Å²) in [5.41, 5.74) is 1.45. The molecule has 31 heavy (non-hydrogen) atoms. The van der Waals surface area contributed by atoms with Crippen LogP contribution in [0.3, 0.4) is 0 Å². The van der Waals surface area contributed by atoms with Gasteiger partial charge in [-0.1, -0.05) is 89.0 Å². The van der Waals surface area contributed by atoms with Gasteiger partial charge in [0.1, 0.15) is 10.5 Å². The third-order valence-electron chi connectivity index (χ3n) is 5.30. The second kappa shape index (κ2) is 15.7. The van der Waals surface area contributed by atoms with Crippen LogP contribution >= 0.6 is 11.8 Å². The molecule has 0 bridgehead atoms. The fraction of sp³-hybridized carbons (Fsp3) is 0.625. The highest BCUT2D eigenvalue weighted by atomic mass is 32.2. The molecule has 0 radical (unpaired) electrons. The molecule has 0 aliphatic carbocycles. The van der Waals surface area contributed by atoms with Crippen LogP contribution in [0, 0.1) is 0 Å². The van der Waals surface area contributed by atoms with Crippen LogP contribution in [0.25, 0.3) is 0 Å². The summed E-state index contributed by atoms with van der Waals surface area (Å²) in [5.74, 6) is -3.73. The molecule has 1 rings (SSSR count). The molecule has 0 aliphatic heterocycles. The van der Waals surface area contributed by atoms with E-state index < -0.39 is 34.8 Å². The molecule has 0 spiro atoms. The first-order chi connectivity index (χ1) is 14.9.